The molecule has 2 aromatic carbocycles. The molecule has 0 radical (unpaired) electrons. The molecule has 3 amide bonds. The van der Waals surface area contributed by atoms with E-state index < -0.39 is 42.1 Å². The molecule has 3 N–H and O–H groups in total. The summed E-state index contributed by atoms with van der Waals surface area (Å²) in [5.41, 5.74) is 0.219. The van der Waals surface area contributed by atoms with Gasteiger partial charge < -0.3 is 34.9 Å². The molecule has 39 heavy (non-hydrogen) atoms. The van der Waals surface area contributed by atoms with Crippen LogP contribution in [0.5, 0.6) is 5.75 Å². The lowest BCUT2D eigenvalue weighted by molar-refractivity contribution is -0.149. The summed E-state index contributed by atoms with van der Waals surface area (Å²) >= 11 is 0. The SMILES string of the molecule is COc1ccccc1CNC(=O)C[C@H]1CC[C@@H]2[C@H](COC[C@H](O)CN2C(=O)Nc2ccc(C(F)(F)F)cc2)O1. The molecule has 2 aliphatic rings. The van der Waals surface area contributed by atoms with Gasteiger partial charge in [0.15, 0.2) is 0 Å². The number of benzene rings is 2. The van der Waals surface area contributed by atoms with E-state index in [4.69, 9.17) is 14.2 Å². The molecule has 2 saturated heterocycles. The number of halogens is 3. The second kappa shape index (κ2) is 12.7. The maximum absolute atomic E-state index is 13.2. The van der Waals surface area contributed by atoms with Crippen molar-refractivity contribution in [3.05, 3.63) is 59.7 Å². The number of hydrogen-bond donors (Lipinski definition) is 3. The number of amides is 3. The van der Waals surface area contributed by atoms with Gasteiger partial charge in [0.1, 0.15) is 11.9 Å². The lowest BCUT2D eigenvalue weighted by atomic mass is 9.95. The normalized spacial score (nSPS) is 23.7. The third kappa shape index (κ3) is 7.61. The minimum Gasteiger partial charge on any atom is -0.496 e. The van der Waals surface area contributed by atoms with Gasteiger partial charge in [0.05, 0.1) is 57.1 Å². The molecule has 0 bridgehead atoms. The molecule has 0 saturated carbocycles. The van der Waals surface area contributed by atoms with Gasteiger partial charge in [-0.3, -0.25) is 4.79 Å². The number of urea groups is 1. The van der Waals surface area contributed by atoms with Gasteiger partial charge in [-0.2, -0.15) is 13.2 Å². The van der Waals surface area contributed by atoms with Crippen molar-refractivity contribution in [3.8, 4) is 5.75 Å². The fourth-order valence-electron chi connectivity index (χ4n) is 4.83. The number of nitrogens with one attached hydrogen (secondary N) is 2. The first-order valence-electron chi connectivity index (χ1n) is 12.7. The molecule has 12 heteroatoms. The van der Waals surface area contributed by atoms with Crippen molar-refractivity contribution in [1.82, 2.24) is 10.2 Å². The second-order valence-corrected chi connectivity index (χ2v) is 9.58. The van der Waals surface area contributed by atoms with E-state index in [1.807, 2.05) is 24.3 Å². The number of fused-ring (bicyclic) bond motifs is 1. The minimum atomic E-state index is -4.48. The van der Waals surface area contributed by atoms with E-state index in [0.29, 0.717) is 25.1 Å². The number of hydrogen-bond acceptors (Lipinski definition) is 6. The summed E-state index contributed by atoms with van der Waals surface area (Å²) in [6, 6.07) is 10.5. The van der Waals surface area contributed by atoms with Crippen LogP contribution in [0, 0.1) is 0 Å². The summed E-state index contributed by atoms with van der Waals surface area (Å²) < 4.78 is 55.7. The van der Waals surface area contributed by atoms with E-state index in [1.165, 1.54) is 17.0 Å². The van der Waals surface area contributed by atoms with Crippen LogP contribution < -0.4 is 15.4 Å². The van der Waals surface area contributed by atoms with Crippen LogP contribution in [-0.2, 0) is 27.0 Å². The maximum Gasteiger partial charge on any atom is 0.416 e. The summed E-state index contributed by atoms with van der Waals surface area (Å²) in [6.07, 6.45) is -5.26. The molecule has 0 aliphatic carbocycles. The Hall–Kier alpha value is -3.35. The smallest absolute Gasteiger partial charge is 0.416 e. The van der Waals surface area contributed by atoms with E-state index in [2.05, 4.69) is 10.6 Å². The predicted molar refractivity (Wildman–Crippen MR) is 135 cm³/mol. The summed E-state index contributed by atoms with van der Waals surface area (Å²) in [5.74, 6) is 0.488. The number of alkyl halides is 3. The van der Waals surface area contributed by atoms with Crippen LogP contribution in [0.1, 0.15) is 30.4 Å². The number of β-amino-alcohol motifs (C(OH)–C–C–N with tert-alkyl or cyclic N) is 1. The molecule has 0 spiro atoms. The van der Waals surface area contributed by atoms with Gasteiger partial charge in [-0.15, -0.1) is 0 Å². The maximum atomic E-state index is 13.2. The lowest BCUT2D eigenvalue weighted by Crippen LogP contribution is -2.58. The number of anilines is 1. The zero-order valence-electron chi connectivity index (χ0n) is 21.4. The lowest BCUT2D eigenvalue weighted by Gasteiger charge is -2.44. The highest BCUT2D eigenvalue weighted by Gasteiger charge is 2.40. The fraction of sp³-hybridized carbons (Fsp3) is 0.481. The van der Waals surface area contributed by atoms with E-state index in [1.54, 1.807) is 7.11 Å². The number of ether oxygens (including phenoxy) is 3. The molecule has 2 fully saturated rings. The molecule has 4 rings (SSSR count). The summed E-state index contributed by atoms with van der Waals surface area (Å²) in [7, 11) is 1.57. The van der Waals surface area contributed by atoms with Crippen LogP contribution >= 0.6 is 0 Å². The van der Waals surface area contributed by atoms with Gasteiger partial charge in [0.2, 0.25) is 5.91 Å². The first-order valence-corrected chi connectivity index (χ1v) is 12.7. The Morgan fingerprint density at radius 1 is 1.10 bits per heavy atom. The van der Waals surface area contributed by atoms with Crippen molar-refractivity contribution in [1.29, 1.82) is 0 Å². The van der Waals surface area contributed by atoms with Gasteiger partial charge in [-0.25, -0.2) is 4.79 Å². The Kier molecular flexibility index (Phi) is 9.31. The van der Waals surface area contributed by atoms with Crippen molar-refractivity contribution >= 4 is 17.6 Å². The van der Waals surface area contributed by atoms with Crippen LogP contribution in [0.3, 0.4) is 0 Å². The Morgan fingerprint density at radius 3 is 2.56 bits per heavy atom. The molecule has 2 aliphatic heterocycles. The molecule has 9 nitrogen and oxygen atoms in total. The van der Waals surface area contributed by atoms with Crippen molar-refractivity contribution in [2.75, 3.05) is 32.2 Å². The standard InChI is InChI=1S/C27H32F3N3O6/c1-37-23-5-3-2-4-17(23)13-31-25(35)12-21-10-11-22-24(39-21)16-38-15-20(34)14-33(22)26(36)32-19-8-6-18(7-9-19)27(28,29)30/h2-9,20-22,24,34H,10-16H2,1H3,(H,31,35)(H,32,36)/t20-,21-,22-,24+/m1/s1. The van der Waals surface area contributed by atoms with Crippen LogP contribution in [0.2, 0.25) is 0 Å². The van der Waals surface area contributed by atoms with E-state index in [-0.39, 0.29) is 37.8 Å². The second-order valence-electron chi connectivity index (χ2n) is 9.58. The van der Waals surface area contributed by atoms with E-state index >= 15 is 0 Å². The third-order valence-electron chi connectivity index (χ3n) is 6.79. The highest BCUT2D eigenvalue weighted by molar-refractivity contribution is 5.89. The predicted octanol–water partition coefficient (Wildman–Crippen LogP) is 3.56. The number of carbonyl (C=O) groups is 2. The first-order chi connectivity index (χ1) is 18.6. The Labute approximate surface area is 224 Å². The average molecular weight is 552 g/mol. The number of rotatable bonds is 6. The molecule has 0 aromatic heterocycles. The van der Waals surface area contributed by atoms with Crippen molar-refractivity contribution < 1.29 is 42.1 Å². The Morgan fingerprint density at radius 2 is 1.85 bits per heavy atom. The van der Waals surface area contributed by atoms with Gasteiger partial charge >= 0.3 is 12.2 Å². The van der Waals surface area contributed by atoms with Gasteiger partial charge in [0.25, 0.3) is 0 Å². The van der Waals surface area contributed by atoms with E-state index in [9.17, 15) is 27.9 Å². The molecule has 2 heterocycles. The highest BCUT2D eigenvalue weighted by Crippen LogP contribution is 2.31. The quantitative estimate of drug-likeness (QED) is 0.507. The monoisotopic (exact) mass is 551 g/mol. The van der Waals surface area contributed by atoms with Crippen molar-refractivity contribution in [3.63, 3.8) is 0 Å². The van der Waals surface area contributed by atoms with Crippen molar-refractivity contribution in [2.45, 2.75) is 56.3 Å². The molecule has 0 unspecified atom stereocenters. The van der Waals surface area contributed by atoms with Gasteiger partial charge in [-0.1, -0.05) is 18.2 Å². The molecule has 4 atom stereocenters. The number of para-hydroxylation sites is 1. The van der Waals surface area contributed by atoms with Crippen molar-refractivity contribution in [2.24, 2.45) is 0 Å². The van der Waals surface area contributed by atoms with Crippen LogP contribution in [0.4, 0.5) is 23.7 Å². The third-order valence-corrected chi connectivity index (χ3v) is 6.79. The number of aliphatic hydroxyl groups is 1. The largest absolute Gasteiger partial charge is 0.496 e. The Balaban J connectivity index is 1.36. The zero-order valence-corrected chi connectivity index (χ0v) is 21.4. The number of nitrogens with zero attached hydrogens (tertiary/aromatic N) is 1. The fourth-order valence-corrected chi connectivity index (χ4v) is 4.83. The van der Waals surface area contributed by atoms with Gasteiger partial charge in [0, 0.05) is 17.8 Å². The average Bonchev–Trinajstić information content (AvgIpc) is 2.90. The topological polar surface area (TPSA) is 109 Å². The molecule has 212 valence electrons. The van der Waals surface area contributed by atoms with E-state index in [0.717, 1.165) is 17.7 Å². The van der Waals surface area contributed by atoms with Crippen LogP contribution in [-0.4, -0.2) is 73.2 Å². The molecule has 2 aromatic rings. The summed E-state index contributed by atoms with van der Waals surface area (Å²) in [5, 5.41) is 15.8. The highest BCUT2D eigenvalue weighted by atomic mass is 19.4. The number of carbonyl (C=O) groups excluding carboxylic acids is 2. The summed E-state index contributed by atoms with van der Waals surface area (Å²) in [6.45, 7) is 0.368. The summed E-state index contributed by atoms with van der Waals surface area (Å²) in [4.78, 5) is 27.2. The molecular formula is C27H32F3N3O6. The minimum absolute atomic E-state index is 0.0132. The van der Waals surface area contributed by atoms with Crippen LogP contribution in [0.15, 0.2) is 48.5 Å². The Bertz CT molecular complexity index is 1130. The zero-order chi connectivity index (χ0) is 28.0. The first kappa shape index (κ1) is 28.7. The molecular weight excluding hydrogens is 519 g/mol. The van der Waals surface area contributed by atoms with Gasteiger partial charge in [-0.05, 0) is 43.2 Å². The van der Waals surface area contributed by atoms with Crippen LogP contribution in [0.25, 0.3) is 0 Å². The number of methoxy groups -OCH3 is 1. The number of aliphatic hydroxyl groups excluding tert-OH is 1.